The van der Waals surface area contributed by atoms with Gasteiger partial charge >= 0.3 is 0 Å². The quantitative estimate of drug-likeness (QED) is 0.446. The van der Waals surface area contributed by atoms with Crippen molar-refractivity contribution in [3.8, 4) is 0 Å². The van der Waals surface area contributed by atoms with Crippen molar-refractivity contribution in [1.29, 1.82) is 0 Å². The summed E-state index contributed by atoms with van der Waals surface area (Å²) in [5.41, 5.74) is 9.38. The highest BCUT2D eigenvalue weighted by molar-refractivity contribution is 5.80. The van der Waals surface area contributed by atoms with Gasteiger partial charge in [0.2, 0.25) is 0 Å². The lowest BCUT2D eigenvalue weighted by atomic mass is 9.51. The van der Waals surface area contributed by atoms with Gasteiger partial charge in [-0.25, -0.2) is 4.99 Å². The second-order valence-corrected chi connectivity index (χ2v) is 10.9. The molecule has 4 atom stereocenters. The second kappa shape index (κ2) is 4.97. The average Bonchev–Trinajstić information content (AvgIpc) is 2.55. The summed E-state index contributed by atoms with van der Waals surface area (Å²) in [6.45, 7) is 9.04. The highest BCUT2D eigenvalue weighted by Crippen LogP contribution is 2.60. The van der Waals surface area contributed by atoms with Gasteiger partial charge in [0.25, 0.3) is 0 Å². The van der Waals surface area contributed by atoms with Gasteiger partial charge in [-0.2, -0.15) is 0 Å². The number of rotatable bonds is 2. The molecule has 26 heavy (non-hydrogen) atoms. The number of nitrogens with zero attached hydrogens (tertiary/aromatic N) is 1. The monoisotopic (exact) mass is 351 g/mol. The molecule has 140 valence electrons. The number of nitrogens with one attached hydrogen (secondary N) is 1. The molecule has 3 heteroatoms. The van der Waals surface area contributed by atoms with Crippen LogP contribution in [0.5, 0.6) is 0 Å². The number of nitrogens with two attached hydrogens (primary N) is 1. The van der Waals surface area contributed by atoms with Crippen molar-refractivity contribution in [3.63, 3.8) is 0 Å². The summed E-state index contributed by atoms with van der Waals surface area (Å²) in [6.07, 6.45) is 13.1. The van der Waals surface area contributed by atoms with Gasteiger partial charge in [-0.05, 0) is 111 Å². The molecule has 4 unspecified atom stereocenters. The van der Waals surface area contributed by atoms with Crippen LogP contribution in [0.4, 0.5) is 0 Å². The maximum atomic E-state index is 6.60. The number of aliphatic imine (C=N–C) groups is 1. The van der Waals surface area contributed by atoms with E-state index in [9.17, 15) is 0 Å². The Morgan fingerprint density at radius 2 is 1.31 bits per heavy atom. The average molecular weight is 352 g/mol. The van der Waals surface area contributed by atoms with E-state index in [1.165, 1.54) is 75.4 Å². The fourth-order valence-electron chi connectivity index (χ4n) is 8.62. The van der Waals surface area contributed by atoms with Crippen LogP contribution in [0.15, 0.2) is 29.3 Å². The van der Waals surface area contributed by atoms with Crippen LogP contribution in [0, 0.1) is 35.5 Å². The van der Waals surface area contributed by atoms with Crippen molar-refractivity contribution >= 4 is 5.96 Å². The Hall–Kier alpha value is -1.25. The van der Waals surface area contributed by atoms with Gasteiger partial charge in [-0.1, -0.05) is 13.2 Å². The maximum absolute atomic E-state index is 6.60. The summed E-state index contributed by atoms with van der Waals surface area (Å²) in [5, 5.41) is 3.76. The fraction of sp³-hybridized carbons (Fsp3) is 0.783. The Balaban J connectivity index is 1.30. The van der Waals surface area contributed by atoms with Crippen LogP contribution in [0.25, 0.3) is 0 Å². The molecule has 0 aromatic carbocycles. The smallest absolute Gasteiger partial charge is 0.190 e. The van der Waals surface area contributed by atoms with Crippen LogP contribution < -0.4 is 11.1 Å². The van der Waals surface area contributed by atoms with Crippen LogP contribution in [0.3, 0.4) is 0 Å². The third kappa shape index (κ3) is 2.03. The molecule has 8 saturated carbocycles. The Labute approximate surface area is 157 Å². The van der Waals surface area contributed by atoms with Gasteiger partial charge in [0.1, 0.15) is 0 Å². The molecule has 8 aliphatic carbocycles. The van der Waals surface area contributed by atoms with Crippen molar-refractivity contribution in [3.05, 3.63) is 24.3 Å². The van der Waals surface area contributed by atoms with Crippen molar-refractivity contribution in [2.75, 3.05) is 0 Å². The minimum Gasteiger partial charge on any atom is -0.370 e. The first kappa shape index (κ1) is 15.8. The minimum atomic E-state index is -0.0601. The summed E-state index contributed by atoms with van der Waals surface area (Å²) in [5.74, 6) is 5.54. The fourth-order valence-corrected chi connectivity index (χ4v) is 8.62. The molecule has 0 heterocycles. The molecule has 0 radical (unpaired) electrons. The van der Waals surface area contributed by atoms with Crippen LogP contribution >= 0.6 is 0 Å². The molecule has 0 aliphatic heterocycles. The van der Waals surface area contributed by atoms with E-state index in [0.29, 0.717) is 11.9 Å². The highest BCUT2D eigenvalue weighted by atomic mass is 15.2. The molecule has 0 aromatic heterocycles. The van der Waals surface area contributed by atoms with Gasteiger partial charge in [0, 0.05) is 0 Å². The zero-order chi connectivity index (χ0) is 17.7. The van der Waals surface area contributed by atoms with Crippen molar-refractivity contribution in [2.24, 2.45) is 46.2 Å². The molecular formula is C23H33N3. The van der Waals surface area contributed by atoms with E-state index < -0.39 is 0 Å². The molecule has 0 spiro atoms. The van der Waals surface area contributed by atoms with E-state index >= 15 is 0 Å². The molecule has 3 N–H and O–H groups in total. The summed E-state index contributed by atoms with van der Waals surface area (Å²) >= 11 is 0. The summed E-state index contributed by atoms with van der Waals surface area (Å²) < 4.78 is 0. The van der Waals surface area contributed by atoms with Crippen molar-refractivity contribution in [1.82, 2.24) is 5.32 Å². The van der Waals surface area contributed by atoms with E-state index in [2.05, 4.69) is 18.5 Å². The van der Waals surface area contributed by atoms with Gasteiger partial charge < -0.3 is 11.1 Å². The molecule has 0 aromatic rings. The first-order valence-electron chi connectivity index (χ1n) is 11.0. The van der Waals surface area contributed by atoms with Gasteiger partial charge in [0.15, 0.2) is 5.96 Å². The third-order valence-corrected chi connectivity index (χ3v) is 9.23. The van der Waals surface area contributed by atoms with Crippen LogP contribution in [-0.4, -0.2) is 17.0 Å². The second-order valence-electron chi connectivity index (χ2n) is 10.9. The van der Waals surface area contributed by atoms with Gasteiger partial charge in [0.05, 0.1) is 11.1 Å². The number of hydrogen-bond acceptors (Lipinski definition) is 1. The molecule has 8 fully saturated rings. The zero-order valence-corrected chi connectivity index (χ0v) is 16.0. The van der Waals surface area contributed by atoms with E-state index in [0.717, 1.165) is 29.6 Å². The lowest BCUT2D eigenvalue weighted by molar-refractivity contribution is 0.0399. The van der Waals surface area contributed by atoms with E-state index in [-0.39, 0.29) is 11.1 Å². The lowest BCUT2D eigenvalue weighted by Gasteiger charge is -2.59. The Kier molecular flexibility index (Phi) is 3.01. The Bertz CT molecular complexity index is 691. The van der Waals surface area contributed by atoms with Crippen LogP contribution in [0.2, 0.25) is 0 Å². The minimum absolute atomic E-state index is 0.0337. The van der Waals surface area contributed by atoms with Crippen molar-refractivity contribution in [2.45, 2.75) is 75.3 Å². The molecule has 3 nitrogen and oxygen atoms in total. The number of guanidine groups is 1. The molecule has 0 saturated heterocycles. The SMILES string of the molecule is C=C1C2CC3CC(C2)CC1(N=C(N)NC12CC4CC(CC(C4)C1=C)C2)C3. The Morgan fingerprint density at radius 1 is 0.808 bits per heavy atom. The van der Waals surface area contributed by atoms with Crippen molar-refractivity contribution < 1.29 is 0 Å². The van der Waals surface area contributed by atoms with Crippen LogP contribution in [-0.2, 0) is 0 Å². The summed E-state index contributed by atoms with van der Waals surface area (Å²) in [7, 11) is 0. The van der Waals surface area contributed by atoms with E-state index in [1.54, 1.807) is 0 Å². The molecule has 8 rings (SSSR count). The molecular weight excluding hydrogens is 318 g/mol. The molecule has 0 amide bonds. The van der Waals surface area contributed by atoms with Crippen LogP contribution in [0.1, 0.15) is 64.2 Å². The number of hydrogen-bond donors (Lipinski definition) is 2. The molecule has 8 bridgehead atoms. The first-order chi connectivity index (χ1) is 12.4. The van der Waals surface area contributed by atoms with E-state index in [4.69, 9.17) is 10.7 Å². The van der Waals surface area contributed by atoms with Gasteiger partial charge in [-0.15, -0.1) is 0 Å². The Morgan fingerprint density at radius 3 is 1.88 bits per heavy atom. The maximum Gasteiger partial charge on any atom is 0.190 e. The zero-order valence-electron chi connectivity index (χ0n) is 16.0. The van der Waals surface area contributed by atoms with Gasteiger partial charge in [-0.3, -0.25) is 0 Å². The predicted octanol–water partition coefficient (Wildman–Crippen LogP) is 4.16. The lowest BCUT2D eigenvalue weighted by Crippen LogP contribution is -2.63. The normalized spacial score (nSPS) is 54.2. The first-order valence-corrected chi connectivity index (χ1v) is 11.0. The third-order valence-electron chi connectivity index (χ3n) is 9.23. The summed E-state index contributed by atoms with van der Waals surface area (Å²) in [6, 6.07) is 0. The highest BCUT2D eigenvalue weighted by Gasteiger charge is 2.55. The standard InChI is InChI=1S/C23H33N3/c1-13-19-5-15-3-16(6-19)10-22(13,9-15)25-21(24)26-23-11-17-4-18(12-23)8-20(7-17)14(23)2/h15-20H,1-12H2,(H3,24,25,26). The summed E-state index contributed by atoms with van der Waals surface area (Å²) in [4.78, 5) is 5.20. The largest absolute Gasteiger partial charge is 0.370 e. The predicted molar refractivity (Wildman–Crippen MR) is 106 cm³/mol. The van der Waals surface area contributed by atoms with E-state index in [1.807, 2.05) is 0 Å². The molecule has 8 aliphatic rings. The topological polar surface area (TPSA) is 50.4 Å².